The Kier molecular flexibility index (Phi) is 3.19. The first kappa shape index (κ1) is 11.3. The molecular weight excluding hydrogens is 206 g/mol. The summed E-state index contributed by atoms with van der Waals surface area (Å²) in [6, 6.07) is 7.06. The van der Waals surface area contributed by atoms with E-state index in [4.69, 9.17) is 0 Å². The van der Waals surface area contributed by atoms with Crippen molar-refractivity contribution >= 4 is 0 Å². The third-order valence-electron chi connectivity index (χ3n) is 4.39. The number of benzene rings is 1. The maximum Gasteiger partial charge on any atom is 0.0205 e. The molecule has 0 aliphatic heterocycles. The lowest BCUT2D eigenvalue weighted by atomic mass is 10.1. The van der Waals surface area contributed by atoms with Crippen molar-refractivity contribution in [3.63, 3.8) is 0 Å². The van der Waals surface area contributed by atoms with E-state index in [1.54, 1.807) is 11.1 Å². The second-order valence-corrected chi connectivity index (χ2v) is 5.90. The molecule has 1 N–H and O–H groups in total. The number of hydrogen-bond donors (Lipinski definition) is 1. The fraction of sp³-hybridized carbons (Fsp3) is 0.625. The van der Waals surface area contributed by atoms with Crippen LogP contribution in [0.5, 0.6) is 0 Å². The third kappa shape index (κ3) is 2.71. The van der Waals surface area contributed by atoms with Gasteiger partial charge in [-0.1, -0.05) is 25.1 Å². The normalized spacial score (nSPS) is 20.3. The summed E-state index contributed by atoms with van der Waals surface area (Å²) in [5.41, 5.74) is 4.65. The molecular formula is C16H23N. The zero-order valence-electron chi connectivity index (χ0n) is 10.8. The van der Waals surface area contributed by atoms with Gasteiger partial charge in [-0.05, 0) is 67.2 Å². The molecule has 0 radical (unpaired) electrons. The molecule has 0 spiro atoms. The molecule has 1 heteroatoms. The van der Waals surface area contributed by atoms with Gasteiger partial charge in [0, 0.05) is 6.54 Å². The van der Waals surface area contributed by atoms with Crippen molar-refractivity contribution < 1.29 is 0 Å². The molecule has 0 bridgehead atoms. The molecule has 1 atom stereocenters. The summed E-state index contributed by atoms with van der Waals surface area (Å²) in [5, 5.41) is 3.61. The molecule has 1 unspecified atom stereocenters. The van der Waals surface area contributed by atoms with E-state index in [-0.39, 0.29) is 0 Å². The van der Waals surface area contributed by atoms with Crippen LogP contribution in [-0.4, -0.2) is 6.54 Å². The molecule has 17 heavy (non-hydrogen) atoms. The molecule has 0 aromatic heterocycles. The van der Waals surface area contributed by atoms with E-state index < -0.39 is 0 Å². The SMILES string of the molecule is CC(CNCc1ccc2c(c1)CCC2)C1CC1. The Bertz CT molecular complexity index is 393. The van der Waals surface area contributed by atoms with E-state index in [9.17, 15) is 0 Å². The highest BCUT2D eigenvalue weighted by Crippen LogP contribution is 2.36. The summed E-state index contributed by atoms with van der Waals surface area (Å²) >= 11 is 0. The molecule has 1 fully saturated rings. The first-order chi connectivity index (χ1) is 8.33. The van der Waals surface area contributed by atoms with Crippen LogP contribution in [0, 0.1) is 11.8 Å². The van der Waals surface area contributed by atoms with Crippen LogP contribution in [0.25, 0.3) is 0 Å². The minimum Gasteiger partial charge on any atom is -0.312 e. The highest BCUT2D eigenvalue weighted by molar-refractivity contribution is 5.35. The lowest BCUT2D eigenvalue weighted by Gasteiger charge is -2.12. The molecule has 1 saturated carbocycles. The van der Waals surface area contributed by atoms with Gasteiger partial charge in [0.15, 0.2) is 0 Å². The fourth-order valence-corrected chi connectivity index (χ4v) is 3.01. The smallest absolute Gasteiger partial charge is 0.0205 e. The summed E-state index contributed by atoms with van der Waals surface area (Å²) in [5.74, 6) is 1.88. The average Bonchev–Trinajstić information content (AvgIpc) is 3.08. The maximum absolute atomic E-state index is 3.61. The van der Waals surface area contributed by atoms with Gasteiger partial charge in [0.05, 0.1) is 0 Å². The van der Waals surface area contributed by atoms with Crippen molar-refractivity contribution in [3.8, 4) is 0 Å². The zero-order chi connectivity index (χ0) is 11.7. The Morgan fingerprint density at radius 3 is 2.88 bits per heavy atom. The highest BCUT2D eigenvalue weighted by atomic mass is 14.9. The summed E-state index contributed by atoms with van der Waals surface area (Å²) in [6.45, 7) is 4.61. The van der Waals surface area contributed by atoms with Gasteiger partial charge in [-0.25, -0.2) is 0 Å². The van der Waals surface area contributed by atoms with E-state index in [1.807, 2.05) is 0 Å². The van der Waals surface area contributed by atoms with Gasteiger partial charge < -0.3 is 5.32 Å². The molecule has 2 aliphatic rings. The largest absolute Gasteiger partial charge is 0.312 e. The minimum atomic E-state index is 0.865. The molecule has 0 saturated heterocycles. The molecule has 1 aromatic rings. The maximum atomic E-state index is 3.61. The summed E-state index contributed by atoms with van der Waals surface area (Å²) < 4.78 is 0. The molecule has 2 aliphatic carbocycles. The van der Waals surface area contributed by atoms with Crippen LogP contribution in [0.3, 0.4) is 0 Å². The molecule has 3 rings (SSSR count). The lowest BCUT2D eigenvalue weighted by Crippen LogP contribution is -2.21. The quantitative estimate of drug-likeness (QED) is 0.817. The molecule has 0 heterocycles. The van der Waals surface area contributed by atoms with E-state index in [2.05, 4.69) is 30.4 Å². The monoisotopic (exact) mass is 229 g/mol. The van der Waals surface area contributed by atoms with Crippen LogP contribution in [-0.2, 0) is 19.4 Å². The van der Waals surface area contributed by atoms with Crippen molar-refractivity contribution in [2.24, 2.45) is 11.8 Å². The third-order valence-corrected chi connectivity index (χ3v) is 4.39. The topological polar surface area (TPSA) is 12.0 Å². The van der Waals surface area contributed by atoms with Crippen LogP contribution in [0.1, 0.15) is 42.9 Å². The summed E-state index contributed by atoms with van der Waals surface area (Å²) in [6.07, 6.45) is 6.86. The number of rotatable bonds is 5. The van der Waals surface area contributed by atoms with Gasteiger partial charge in [0.25, 0.3) is 0 Å². The van der Waals surface area contributed by atoms with Gasteiger partial charge in [0.2, 0.25) is 0 Å². The number of nitrogens with one attached hydrogen (secondary N) is 1. The molecule has 92 valence electrons. The van der Waals surface area contributed by atoms with Crippen molar-refractivity contribution in [1.29, 1.82) is 0 Å². The molecule has 1 aromatic carbocycles. The summed E-state index contributed by atoms with van der Waals surface area (Å²) in [7, 11) is 0. The minimum absolute atomic E-state index is 0.865. The predicted molar refractivity (Wildman–Crippen MR) is 72.1 cm³/mol. The van der Waals surface area contributed by atoms with Crippen LogP contribution < -0.4 is 5.32 Å². The average molecular weight is 229 g/mol. The second-order valence-electron chi connectivity index (χ2n) is 5.90. The van der Waals surface area contributed by atoms with Gasteiger partial charge >= 0.3 is 0 Å². The van der Waals surface area contributed by atoms with Crippen LogP contribution in [0.2, 0.25) is 0 Å². The predicted octanol–water partition coefficient (Wildman–Crippen LogP) is 3.31. The first-order valence-electron chi connectivity index (χ1n) is 7.14. The summed E-state index contributed by atoms with van der Waals surface area (Å²) in [4.78, 5) is 0. The number of hydrogen-bond acceptors (Lipinski definition) is 1. The first-order valence-corrected chi connectivity index (χ1v) is 7.14. The lowest BCUT2D eigenvalue weighted by molar-refractivity contribution is 0.461. The molecule has 0 amide bonds. The van der Waals surface area contributed by atoms with E-state index in [0.29, 0.717) is 0 Å². The Labute approximate surface area is 105 Å². The van der Waals surface area contributed by atoms with Crippen molar-refractivity contribution in [1.82, 2.24) is 5.32 Å². The number of aryl methyl sites for hydroxylation is 2. The van der Waals surface area contributed by atoms with Gasteiger partial charge in [-0.3, -0.25) is 0 Å². The van der Waals surface area contributed by atoms with Crippen molar-refractivity contribution in [3.05, 3.63) is 34.9 Å². The van der Waals surface area contributed by atoms with E-state index >= 15 is 0 Å². The van der Waals surface area contributed by atoms with Crippen LogP contribution >= 0.6 is 0 Å². The second kappa shape index (κ2) is 4.81. The molecule has 1 nitrogen and oxygen atoms in total. The Morgan fingerprint density at radius 1 is 1.24 bits per heavy atom. The Morgan fingerprint density at radius 2 is 2.06 bits per heavy atom. The highest BCUT2D eigenvalue weighted by Gasteiger charge is 2.27. The number of fused-ring (bicyclic) bond motifs is 1. The van der Waals surface area contributed by atoms with Gasteiger partial charge in [-0.15, -0.1) is 0 Å². The van der Waals surface area contributed by atoms with Crippen LogP contribution in [0.4, 0.5) is 0 Å². The fourth-order valence-electron chi connectivity index (χ4n) is 3.01. The van der Waals surface area contributed by atoms with Crippen molar-refractivity contribution in [2.75, 3.05) is 6.54 Å². The van der Waals surface area contributed by atoms with Gasteiger partial charge in [-0.2, -0.15) is 0 Å². The van der Waals surface area contributed by atoms with Crippen molar-refractivity contribution in [2.45, 2.75) is 45.6 Å². The van der Waals surface area contributed by atoms with E-state index in [1.165, 1.54) is 44.2 Å². The van der Waals surface area contributed by atoms with Gasteiger partial charge in [0.1, 0.15) is 0 Å². The van der Waals surface area contributed by atoms with Crippen LogP contribution in [0.15, 0.2) is 18.2 Å². The van der Waals surface area contributed by atoms with E-state index in [0.717, 1.165) is 18.4 Å². The standard InChI is InChI=1S/C16H23N/c1-12(14-7-8-14)10-17-11-13-5-6-15-3-2-4-16(15)9-13/h5-6,9,12,14,17H,2-4,7-8,10-11H2,1H3. The Balaban J connectivity index is 1.51. The Hall–Kier alpha value is -0.820. The zero-order valence-corrected chi connectivity index (χ0v) is 10.8.